The Morgan fingerprint density at radius 3 is 1.98 bits per heavy atom. The third kappa shape index (κ3) is 8.24. The molecule has 3 atom stereocenters. The van der Waals surface area contributed by atoms with Crippen molar-refractivity contribution < 1.29 is 37.1 Å². The number of aromatic amines is 2. The third-order valence-corrected chi connectivity index (χ3v) is 12.3. The van der Waals surface area contributed by atoms with Crippen LogP contribution in [0.3, 0.4) is 0 Å². The Hall–Kier alpha value is -5.71. The fourth-order valence-electron chi connectivity index (χ4n) is 7.44. The van der Waals surface area contributed by atoms with Crippen LogP contribution < -0.4 is 10.6 Å². The number of imidazole rings is 2. The molecule has 2 aromatic heterocycles. The first kappa shape index (κ1) is 40.9. The van der Waals surface area contributed by atoms with E-state index in [-0.39, 0.29) is 46.0 Å². The van der Waals surface area contributed by atoms with E-state index in [4.69, 9.17) is 9.47 Å². The number of sulfone groups is 1. The van der Waals surface area contributed by atoms with E-state index in [1.54, 1.807) is 46.5 Å². The summed E-state index contributed by atoms with van der Waals surface area (Å²) in [4.78, 5) is 70.5. The summed E-state index contributed by atoms with van der Waals surface area (Å²) < 4.78 is 37.6. The van der Waals surface area contributed by atoms with E-state index in [0.717, 1.165) is 6.42 Å². The fraction of sp³-hybridized carbons (Fsp3) is 0.450. The van der Waals surface area contributed by atoms with Gasteiger partial charge < -0.3 is 39.9 Å². The standard InChI is InChI=1S/C40H50N8O8S/c1-8-15-47(37(49)34(22(2)3)45-39(51)55-6)21-33-41-19-28(43-33)24-11-13-26-27-14-12-25(18-32(27)57(53,54)31(26)17-24)29-20-42-36(44-29)30-10-9-16-48(30)38(50)35(23(4)5)46-40(52)56-7/h11-14,17-20,22-23,30,34-35H,8-10,15-16,21H2,1-7H3,(H,41,43)(H,42,44)(H,45,51)(H,46,52)/t30-,34-,35-/m1/s1. The number of aromatic nitrogens is 4. The lowest BCUT2D eigenvalue weighted by Gasteiger charge is -2.30. The van der Waals surface area contributed by atoms with E-state index >= 15 is 0 Å². The maximum Gasteiger partial charge on any atom is 0.407 e. The van der Waals surface area contributed by atoms with E-state index in [9.17, 15) is 27.6 Å². The maximum atomic E-state index is 14.1. The fourth-order valence-corrected chi connectivity index (χ4v) is 9.17. The number of fused-ring (bicyclic) bond motifs is 3. The molecule has 4 N–H and O–H groups in total. The van der Waals surface area contributed by atoms with Crippen LogP contribution in [0.15, 0.2) is 58.6 Å². The second kappa shape index (κ2) is 16.8. The molecular weight excluding hydrogens is 753 g/mol. The van der Waals surface area contributed by atoms with Gasteiger partial charge in [-0.2, -0.15) is 0 Å². The number of nitrogens with one attached hydrogen (secondary N) is 4. The highest BCUT2D eigenvalue weighted by Gasteiger charge is 2.38. The molecule has 2 aliphatic heterocycles. The lowest BCUT2D eigenvalue weighted by molar-refractivity contribution is -0.136. The SMILES string of the molecule is CCCN(Cc1ncc(-c2ccc3c(c2)S(=O)(=O)c2cc(-c4cnc([C@H]5CCCN5C(=O)[C@H](NC(=O)OC)C(C)C)[nH]4)ccc2-3)[nH]1)C(=O)[C@H](NC(=O)OC)C(C)C. The Morgan fingerprint density at radius 1 is 0.860 bits per heavy atom. The van der Waals surface area contributed by atoms with Crippen LogP contribution in [0.4, 0.5) is 9.59 Å². The molecule has 4 heterocycles. The average molecular weight is 803 g/mol. The number of rotatable bonds is 13. The Balaban J connectivity index is 1.20. The van der Waals surface area contributed by atoms with Gasteiger partial charge in [-0.25, -0.2) is 28.0 Å². The molecule has 6 rings (SSSR count). The number of H-pyrrole nitrogens is 2. The molecule has 304 valence electrons. The molecule has 1 fully saturated rings. The number of nitrogens with zero attached hydrogens (tertiary/aromatic N) is 4. The Labute approximate surface area is 332 Å². The number of carbonyl (C=O) groups excluding carboxylic acids is 4. The molecule has 57 heavy (non-hydrogen) atoms. The summed E-state index contributed by atoms with van der Waals surface area (Å²) >= 11 is 0. The summed E-state index contributed by atoms with van der Waals surface area (Å²) in [7, 11) is -1.41. The number of hydrogen-bond donors (Lipinski definition) is 4. The Bertz CT molecular complexity index is 2270. The van der Waals surface area contributed by atoms with Crippen molar-refractivity contribution in [3.8, 4) is 33.6 Å². The van der Waals surface area contributed by atoms with Crippen molar-refractivity contribution in [3.05, 3.63) is 60.4 Å². The first-order valence-corrected chi connectivity index (χ1v) is 20.6. The van der Waals surface area contributed by atoms with Crippen molar-refractivity contribution in [1.29, 1.82) is 0 Å². The van der Waals surface area contributed by atoms with Gasteiger partial charge in [-0.15, -0.1) is 0 Å². The van der Waals surface area contributed by atoms with Crippen LogP contribution in [0, 0.1) is 11.8 Å². The molecular formula is C40H50N8O8S. The minimum atomic E-state index is -3.91. The number of alkyl carbamates (subject to hydrolysis) is 2. The highest BCUT2D eigenvalue weighted by Crippen LogP contribution is 2.46. The molecule has 0 spiro atoms. The zero-order valence-electron chi connectivity index (χ0n) is 33.2. The van der Waals surface area contributed by atoms with Crippen LogP contribution in [0.1, 0.15) is 71.6 Å². The first-order chi connectivity index (χ1) is 27.2. The molecule has 2 aromatic carbocycles. The topological polar surface area (TPSA) is 209 Å². The maximum absolute atomic E-state index is 14.1. The van der Waals surface area contributed by atoms with Crippen molar-refractivity contribution in [3.63, 3.8) is 0 Å². The molecule has 1 saturated heterocycles. The van der Waals surface area contributed by atoms with Crippen molar-refractivity contribution in [2.75, 3.05) is 27.3 Å². The van der Waals surface area contributed by atoms with E-state index in [1.165, 1.54) is 14.2 Å². The number of benzene rings is 2. The molecule has 0 radical (unpaired) electrons. The summed E-state index contributed by atoms with van der Waals surface area (Å²) in [5, 5.41) is 5.29. The van der Waals surface area contributed by atoms with E-state index in [2.05, 4.69) is 30.6 Å². The van der Waals surface area contributed by atoms with Crippen molar-refractivity contribution >= 4 is 33.8 Å². The highest BCUT2D eigenvalue weighted by molar-refractivity contribution is 7.92. The number of hydrogen-bond acceptors (Lipinski definition) is 10. The molecule has 16 nitrogen and oxygen atoms in total. The van der Waals surface area contributed by atoms with Gasteiger partial charge >= 0.3 is 12.2 Å². The molecule has 4 aromatic rings. The molecule has 17 heteroatoms. The third-order valence-electron chi connectivity index (χ3n) is 10.5. The summed E-state index contributed by atoms with van der Waals surface area (Å²) in [5.74, 6) is 0.243. The quantitative estimate of drug-likeness (QED) is 0.118. The summed E-state index contributed by atoms with van der Waals surface area (Å²) in [5.41, 5.74) is 3.60. The molecule has 0 aliphatic carbocycles. The predicted molar refractivity (Wildman–Crippen MR) is 210 cm³/mol. The molecule has 0 unspecified atom stereocenters. The van der Waals surface area contributed by atoms with Gasteiger partial charge in [0.25, 0.3) is 0 Å². The van der Waals surface area contributed by atoms with Crippen LogP contribution in [0.2, 0.25) is 0 Å². The van der Waals surface area contributed by atoms with E-state index < -0.39 is 34.1 Å². The van der Waals surface area contributed by atoms with Gasteiger partial charge in [0.15, 0.2) is 0 Å². The van der Waals surface area contributed by atoms with Crippen LogP contribution in [-0.2, 0) is 35.4 Å². The van der Waals surface area contributed by atoms with Gasteiger partial charge in [-0.1, -0.05) is 58.9 Å². The molecule has 0 saturated carbocycles. The second-order valence-electron chi connectivity index (χ2n) is 15.0. The zero-order chi connectivity index (χ0) is 41.2. The molecule has 0 bridgehead atoms. The van der Waals surface area contributed by atoms with Crippen LogP contribution >= 0.6 is 0 Å². The minimum Gasteiger partial charge on any atom is -0.453 e. The van der Waals surface area contributed by atoms with Gasteiger partial charge in [-0.3, -0.25) is 9.59 Å². The lowest BCUT2D eigenvalue weighted by Crippen LogP contribution is -2.51. The van der Waals surface area contributed by atoms with Gasteiger partial charge in [0.2, 0.25) is 21.7 Å². The van der Waals surface area contributed by atoms with Crippen molar-refractivity contribution in [2.45, 2.75) is 88.3 Å². The largest absolute Gasteiger partial charge is 0.453 e. The smallest absolute Gasteiger partial charge is 0.407 e. The van der Waals surface area contributed by atoms with E-state index in [0.29, 0.717) is 71.2 Å². The van der Waals surface area contributed by atoms with Crippen LogP contribution in [-0.4, -0.2) is 102 Å². The van der Waals surface area contributed by atoms with Gasteiger partial charge in [0.1, 0.15) is 23.7 Å². The second-order valence-corrected chi connectivity index (χ2v) is 16.9. The number of ether oxygens (including phenoxy) is 2. The highest BCUT2D eigenvalue weighted by atomic mass is 32.2. The number of likely N-dealkylation sites (tertiary alicyclic amines) is 1. The molecule has 4 amide bonds. The van der Waals surface area contributed by atoms with E-state index in [1.807, 2.05) is 46.8 Å². The van der Waals surface area contributed by atoms with Gasteiger partial charge in [0.05, 0.1) is 60.4 Å². The normalized spacial score (nSPS) is 16.5. The first-order valence-electron chi connectivity index (χ1n) is 19.1. The number of carbonyl (C=O) groups is 4. The monoisotopic (exact) mass is 802 g/mol. The summed E-state index contributed by atoms with van der Waals surface area (Å²) in [6, 6.07) is 8.63. The zero-order valence-corrected chi connectivity index (χ0v) is 34.0. The van der Waals surface area contributed by atoms with Crippen LogP contribution in [0.5, 0.6) is 0 Å². The summed E-state index contributed by atoms with van der Waals surface area (Å²) in [6.45, 7) is 10.5. The predicted octanol–water partition coefficient (Wildman–Crippen LogP) is 5.44. The van der Waals surface area contributed by atoms with Gasteiger partial charge in [0, 0.05) is 35.3 Å². The minimum absolute atomic E-state index is 0.158. The Morgan fingerprint density at radius 2 is 1.42 bits per heavy atom. The van der Waals surface area contributed by atoms with Crippen molar-refractivity contribution in [2.24, 2.45) is 11.8 Å². The number of methoxy groups -OCH3 is 2. The van der Waals surface area contributed by atoms with Crippen molar-refractivity contribution in [1.82, 2.24) is 40.4 Å². The van der Waals surface area contributed by atoms with Gasteiger partial charge in [-0.05, 0) is 43.2 Å². The lowest BCUT2D eigenvalue weighted by atomic mass is 10.0. The molecule has 2 aliphatic rings. The van der Waals surface area contributed by atoms with Crippen LogP contribution in [0.25, 0.3) is 33.6 Å². The Kier molecular flexibility index (Phi) is 12.1. The number of amides is 4. The summed E-state index contributed by atoms with van der Waals surface area (Å²) in [6.07, 6.45) is 4.01. The average Bonchev–Trinajstić information content (AvgIpc) is 4.01.